The number of Topliss-reactive ketones (excluding diaryl/α,β-unsaturated/α-hetero) is 1. The standard InChI is InChI=1S/C12H22N2O2/c1-9(15)10-4-2-3-5-11(8-10)12(16)14-7-6-13/h10-11H,2-8,13H2,1H3,(H,14,16)/t10-,11+/m0/s1. The molecule has 0 aromatic rings. The molecule has 0 aromatic carbocycles. The number of rotatable bonds is 4. The third kappa shape index (κ3) is 3.93. The fraction of sp³-hybridized carbons (Fsp3) is 0.833. The molecule has 1 aliphatic rings. The van der Waals surface area contributed by atoms with Gasteiger partial charge in [0.1, 0.15) is 5.78 Å². The number of carbonyl (C=O) groups is 2. The summed E-state index contributed by atoms with van der Waals surface area (Å²) in [4.78, 5) is 23.2. The predicted molar refractivity (Wildman–Crippen MR) is 62.8 cm³/mol. The Morgan fingerprint density at radius 2 is 1.88 bits per heavy atom. The molecule has 1 aliphatic carbocycles. The third-order valence-electron chi connectivity index (χ3n) is 3.31. The van der Waals surface area contributed by atoms with Crippen LogP contribution in [0.3, 0.4) is 0 Å². The van der Waals surface area contributed by atoms with Crippen molar-refractivity contribution in [2.75, 3.05) is 13.1 Å². The van der Waals surface area contributed by atoms with Crippen molar-refractivity contribution in [2.45, 2.75) is 39.0 Å². The molecule has 0 saturated heterocycles. The van der Waals surface area contributed by atoms with Crippen LogP contribution < -0.4 is 11.1 Å². The molecule has 4 heteroatoms. The summed E-state index contributed by atoms with van der Waals surface area (Å²) in [5.41, 5.74) is 5.34. The van der Waals surface area contributed by atoms with Crippen LogP contribution in [-0.2, 0) is 9.59 Å². The zero-order chi connectivity index (χ0) is 12.0. The molecule has 1 rings (SSSR count). The van der Waals surface area contributed by atoms with E-state index in [-0.39, 0.29) is 23.5 Å². The number of nitrogens with two attached hydrogens (primary N) is 1. The highest BCUT2D eigenvalue weighted by Gasteiger charge is 2.27. The third-order valence-corrected chi connectivity index (χ3v) is 3.31. The lowest BCUT2D eigenvalue weighted by atomic mass is 9.90. The molecule has 3 N–H and O–H groups in total. The highest BCUT2D eigenvalue weighted by molar-refractivity contribution is 5.81. The first-order valence-electron chi connectivity index (χ1n) is 6.13. The second kappa shape index (κ2) is 6.63. The molecule has 1 saturated carbocycles. The summed E-state index contributed by atoms with van der Waals surface area (Å²) in [5.74, 6) is 0.371. The van der Waals surface area contributed by atoms with Gasteiger partial charge in [0.05, 0.1) is 0 Å². The largest absolute Gasteiger partial charge is 0.355 e. The Balaban J connectivity index is 2.50. The number of amides is 1. The molecule has 2 atom stereocenters. The lowest BCUT2D eigenvalue weighted by molar-refractivity contribution is -0.126. The average Bonchev–Trinajstić information content (AvgIpc) is 2.51. The summed E-state index contributed by atoms with van der Waals surface area (Å²) in [7, 11) is 0. The SMILES string of the molecule is CC(=O)[C@H]1CCCC[C@@H](C(=O)NCCN)C1. The first-order valence-corrected chi connectivity index (χ1v) is 6.13. The van der Waals surface area contributed by atoms with Gasteiger partial charge < -0.3 is 11.1 Å². The minimum Gasteiger partial charge on any atom is -0.355 e. The van der Waals surface area contributed by atoms with Gasteiger partial charge in [-0.25, -0.2) is 0 Å². The van der Waals surface area contributed by atoms with Crippen LogP contribution in [0.25, 0.3) is 0 Å². The molecule has 16 heavy (non-hydrogen) atoms. The second-order valence-corrected chi connectivity index (χ2v) is 4.60. The Labute approximate surface area is 97.0 Å². The summed E-state index contributed by atoms with van der Waals surface area (Å²) in [6, 6.07) is 0. The van der Waals surface area contributed by atoms with Crippen molar-refractivity contribution in [3.63, 3.8) is 0 Å². The average molecular weight is 226 g/mol. The molecule has 0 aliphatic heterocycles. The quantitative estimate of drug-likeness (QED) is 0.698. The van der Waals surface area contributed by atoms with E-state index in [4.69, 9.17) is 5.73 Å². The Bertz CT molecular complexity index is 253. The van der Waals surface area contributed by atoms with Gasteiger partial charge in [-0.1, -0.05) is 12.8 Å². The highest BCUT2D eigenvalue weighted by Crippen LogP contribution is 2.28. The zero-order valence-corrected chi connectivity index (χ0v) is 10.00. The van der Waals surface area contributed by atoms with E-state index in [2.05, 4.69) is 5.32 Å². The number of ketones is 1. The number of nitrogens with one attached hydrogen (secondary N) is 1. The monoisotopic (exact) mass is 226 g/mol. The summed E-state index contributed by atoms with van der Waals surface area (Å²) in [6.07, 6.45) is 4.66. The summed E-state index contributed by atoms with van der Waals surface area (Å²) < 4.78 is 0. The van der Waals surface area contributed by atoms with Crippen molar-refractivity contribution in [3.05, 3.63) is 0 Å². The Morgan fingerprint density at radius 1 is 1.25 bits per heavy atom. The van der Waals surface area contributed by atoms with Gasteiger partial charge in [-0.3, -0.25) is 9.59 Å². The number of hydrogen-bond acceptors (Lipinski definition) is 3. The van der Waals surface area contributed by atoms with E-state index in [9.17, 15) is 9.59 Å². The normalized spacial score (nSPS) is 25.9. The van der Waals surface area contributed by atoms with Crippen molar-refractivity contribution in [1.82, 2.24) is 5.32 Å². The summed E-state index contributed by atoms with van der Waals surface area (Å²) in [6.45, 7) is 2.62. The molecule has 1 amide bonds. The van der Waals surface area contributed by atoms with Gasteiger partial charge in [0.15, 0.2) is 0 Å². The van der Waals surface area contributed by atoms with Crippen LogP contribution in [0, 0.1) is 11.8 Å². The molecule has 0 heterocycles. The van der Waals surface area contributed by atoms with Gasteiger partial charge in [0.2, 0.25) is 5.91 Å². The lowest BCUT2D eigenvalue weighted by Crippen LogP contribution is -2.35. The van der Waals surface area contributed by atoms with E-state index in [1.54, 1.807) is 6.92 Å². The minimum atomic E-state index is 0.00273. The number of carbonyl (C=O) groups excluding carboxylic acids is 2. The minimum absolute atomic E-state index is 0.00273. The van der Waals surface area contributed by atoms with Crippen molar-refractivity contribution < 1.29 is 9.59 Å². The number of hydrogen-bond donors (Lipinski definition) is 2. The summed E-state index contributed by atoms with van der Waals surface area (Å²) in [5, 5.41) is 2.81. The van der Waals surface area contributed by atoms with E-state index in [1.165, 1.54) is 0 Å². The molecule has 4 nitrogen and oxygen atoms in total. The summed E-state index contributed by atoms with van der Waals surface area (Å²) >= 11 is 0. The van der Waals surface area contributed by atoms with Crippen LogP contribution in [0.15, 0.2) is 0 Å². The van der Waals surface area contributed by atoms with Gasteiger partial charge in [-0.15, -0.1) is 0 Å². The molecule has 0 spiro atoms. The maximum Gasteiger partial charge on any atom is 0.223 e. The van der Waals surface area contributed by atoms with Gasteiger partial charge in [-0.05, 0) is 26.2 Å². The first kappa shape index (κ1) is 13.2. The van der Waals surface area contributed by atoms with Crippen molar-refractivity contribution in [1.29, 1.82) is 0 Å². The van der Waals surface area contributed by atoms with E-state index < -0.39 is 0 Å². The topological polar surface area (TPSA) is 72.2 Å². The molecular formula is C12H22N2O2. The van der Waals surface area contributed by atoms with E-state index in [1.807, 2.05) is 0 Å². The maximum atomic E-state index is 11.8. The van der Waals surface area contributed by atoms with Crippen LogP contribution in [0.1, 0.15) is 39.0 Å². The van der Waals surface area contributed by atoms with Gasteiger partial charge in [0, 0.05) is 24.9 Å². The maximum absolute atomic E-state index is 11.8. The molecule has 0 unspecified atom stereocenters. The van der Waals surface area contributed by atoms with Crippen molar-refractivity contribution in [3.8, 4) is 0 Å². The zero-order valence-electron chi connectivity index (χ0n) is 10.00. The molecular weight excluding hydrogens is 204 g/mol. The van der Waals surface area contributed by atoms with E-state index in [0.29, 0.717) is 19.5 Å². The molecule has 0 bridgehead atoms. The Kier molecular flexibility index (Phi) is 5.46. The molecule has 1 fully saturated rings. The van der Waals surface area contributed by atoms with Crippen LogP contribution in [0.2, 0.25) is 0 Å². The molecule has 0 radical (unpaired) electrons. The van der Waals surface area contributed by atoms with Crippen molar-refractivity contribution >= 4 is 11.7 Å². The van der Waals surface area contributed by atoms with E-state index in [0.717, 1.165) is 25.7 Å². The Morgan fingerprint density at radius 3 is 2.44 bits per heavy atom. The van der Waals surface area contributed by atoms with Crippen LogP contribution in [-0.4, -0.2) is 24.8 Å². The Hall–Kier alpha value is -0.900. The predicted octanol–water partition coefficient (Wildman–Crippen LogP) is 0.847. The fourth-order valence-electron chi connectivity index (χ4n) is 2.31. The highest BCUT2D eigenvalue weighted by atomic mass is 16.2. The second-order valence-electron chi connectivity index (χ2n) is 4.60. The van der Waals surface area contributed by atoms with Gasteiger partial charge >= 0.3 is 0 Å². The van der Waals surface area contributed by atoms with E-state index >= 15 is 0 Å². The molecule has 92 valence electrons. The first-order chi connectivity index (χ1) is 7.65. The van der Waals surface area contributed by atoms with Gasteiger partial charge in [-0.2, -0.15) is 0 Å². The fourth-order valence-corrected chi connectivity index (χ4v) is 2.31. The smallest absolute Gasteiger partial charge is 0.223 e. The molecule has 0 aromatic heterocycles. The van der Waals surface area contributed by atoms with Gasteiger partial charge in [0.25, 0.3) is 0 Å². The lowest BCUT2D eigenvalue weighted by Gasteiger charge is -2.17. The van der Waals surface area contributed by atoms with Crippen LogP contribution >= 0.6 is 0 Å². The van der Waals surface area contributed by atoms with Crippen LogP contribution in [0.5, 0.6) is 0 Å². The van der Waals surface area contributed by atoms with Crippen molar-refractivity contribution in [2.24, 2.45) is 17.6 Å². The van der Waals surface area contributed by atoms with Crippen LogP contribution in [0.4, 0.5) is 0 Å².